The van der Waals surface area contributed by atoms with Gasteiger partial charge in [-0.25, -0.2) is 4.39 Å². The van der Waals surface area contributed by atoms with Crippen molar-refractivity contribution in [3.8, 4) is 0 Å². The molecule has 1 aromatic carbocycles. The molecule has 1 nitrogen and oxygen atoms in total. The van der Waals surface area contributed by atoms with E-state index in [1.165, 1.54) is 12.1 Å². The number of hydrogen-bond acceptors (Lipinski definition) is 1. The molecule has 1 aliphatic carbocycles. The minimum Gasteiger partial charge on any atom is -0.385 e. The first-order valence-electron chi connectivity index (χ1n) is 5.08. The predicted octanol–water partition coefficient (Wildman–Crippen LogP) is 2.83. The first-order chi connectivity index (χ1) is 6.60. The van der Waals surface area contributed by atoms with Crippen LogP contribution in [0.4, 0.5) is 4.39 Å². The summed E-state index contributed by atoms with van der Waals surface area (Å²) in [6.07, 6.45) is 2.63. The highest BCUT2D eigenvalue weighted by Gasteiger charge is 2.36. The Morgan fingerprint density at radius 2 is 2.00 bits per heavy atom. The van der Waals surface area contributed by atoms with Gasteiger partial charge in [-0.05, 0) is 42.9 Å². The van der Waals surface area contributed by atoms with Gasteiger partial charge in [0.1, 0.15) is 5.82 Å². The third kappa shape index (κ3) is 1.67. The zero-order valence-corrected chi connectivity index (χ0v) is 8.33. The summed E-state index contributed by atoms with van der Waals surface area (Å²) in [7, 11) is 0. The highest BCUT2D eigenvalue weighted by Crippen LogP contribution is 2.41. The van der Waals surface area contributed by atoms with E-state index in [1.54, 1.807) is 12.1 Å². The number of halogens is 1. The van der Waals surface area contributed by atoms with Gasteiger partial charge in [0.2, 0.25) is 0 Å². The monoisotopic (exact) mass is 194 g/mol. The number of aliphatic hydroxyl groups is 1. The van der Waals surface area contributed by atoms with E-state index in [4.69, 9.17) is 0 Å². The molecule has 0 bridgehead atoms. The summed E-state index contributed by atoms with van der Waals surface area (Å²) in [6.45, 7) is 2.14. The SMILES string of the molecule is C[C@H]1CC[C@@](O)(c2ccc(F)cc2)C1. The summed E-state index contributed by atoms with van der Waals surface area (Å²) in [5.41, 5.74) is 0.135. The zero-order chi connectivity index (χ0) is 10.2. The molecule has 1 aromatic rings. The lowest BCUT2D eigenvalue weighted by molar-refractivity contribution is 0.0407. The van der Waals surface area contributed by atoms with Crippen LogP contribution >= 0.6 is 0 Å². The minimum atomic E-state index is -0.715. The van der Waals surface area contributed by atoms with Crippen molar-refractivity contribution in [3.63, 3.8) is 0 Å². The third-order valence-electron chi connectivity index (χ3n) is 3.12. The van der Waals surface area contributed by atoms with E-state index in [0.29, 0.717) is 5.92 Å². The van der Waals surface area contributed by atoms with Crippen molar-refractivity contribution in [1.29, 1.82) is 0 Å². The smallest absolute Gasteiger partial charge is 0.123 e. The zero-order valence-electron chi connectivity index (χ0n) is 8.33. The molecular weight excluding hydrogens is 179 g/mol. The number of rotatable bonds is 1. The molecule has 14 heavy (non-hydrogen) atoms. The molecule has 2 rings (SSSR count). The van der Waals surface area contributed by atoms with Gasteiger partial charge in [-0.2, -0.15) is 0 Å². The van der Waals surface area contributed by atoms with Crippen molar-refractivity contribution in [1.82, 2.24) is 0 Å². The molecule has 0 spiro atoms. The molecule has 2 atom stereocenters. The van der Waals surface area contributed by atoms with Crippen LogP contribution in [-0.2, 0) is 5.60 Å². The highest BCUT2D eigenvalue weighted by molar-refractivity contribution is 5.24. The molecule has 0 unspecified atom stereocenters. The molecule has 0 aliphatic heterocycles. The molecule has 76 valence electrons. The Labute approximate surface area is 83.6 Å². The fraction of sp³-hybridized carbons (Fsp3) is 0.500. The summed E-state index contributed by atoms with van der Waals surface area (Å²) < 4.78 is 12.7. The first-order valence-corrected chi connectivity index (χ1v) is 5.08. The molecule has 0 heterocycles. The summed E-state index contributed by atoms with van der Waals surface area (Å²) in [5, 5.41) is 10.3. The van der Waals surface area contributed by atoms with Crippen molar-refractivity contribution >= 4 is 0 Å². The van der Waals surface area contributed by atoms with E-state index in [2.05, 4.69) is 6.92 Å². The average Bonchev–Trinajstić information content (AvgIpc) is 2.48. The molecule has 1 fully saturated rings. The maximum atomic E-state index is 12.7. The normalized spacial score (nSPS) is 32.1. The van der Waals surface area contributed by atoms with E-state index in [1.807, 2.05) is 0 Å². The van der Waals surface area contributed by atoms with Crippen molar-refractivity contribution in [2.24, 2.45) is 5.92 Å². The molecular formula is C12H15FO. The lowest BCUT2D eigenvalue weighted by Crippen LogP contribution is -2.21. The van der Waals surface area contributed by atoms with Crippen molar-refractivity contribution in [2.75, 3.05) is 0 Å². The molecule has 1 aliphatic rings. The van der Waals surface area contributed by atoms with Gasteiger partial charge in [0.15, 0.2) is 0 Å². The standard InChI is InChI=1S/C12H15FO/c1-9-6-7-12(14,8-9)10-2-4-11(13)5-3-10/h2-5,9,14H,6-8H2,1H3/t9-,12-/m0/s1. The minimum absolute atomic E-state index is 0.247. The van der Waals surface area contributed by atoms with E-state index in [-0.39, 0.29) is 5.82 Å². The number of hydrogen-bond donors (Lipinski definition) is 1. The molecule has 0 saturated heterocycles. The van der Waals surface area contributed by atoms with Gasteiger partial charge in [0.05, 0.1) is 5.60 Å². The molecule has 0 aromatic heterocycles. The van der Waals surface area contributed by atoms with Crippen LogP contribution in [0.5, 0.6) is 0 Å². The second-order valence-electron chi connectivity index (χ2n) is 4.39. The van der Waals surface area contributed by atoms with Crippen LogP contribution in [0.25, 0.3) is 0 Å². The number of benzene rings is 1. The third-order valence-corrected chi connectivity index (χ3v) is 3.12. The molecule has 1 N–H and O–H groups in total. The van der Waals surface area contributed by atoms with Crippen LogP contribution < -0.4 is 0 Å². The topological polar surface area (TPSA) is 20.2 Å². The van der Waals surface area contributed by atoms with Gasteiger partial charge in [-0.15, -0.1) is 0 Å². The maximum Gasteiger partial charge on any atom is 0.123 e. The van der Waals surface area contributed by atoms with Crippen molar-refractivity contribution < 1.29 is 9.50 Å². The Morgan fingerprint density at radius 1 is 1.36 bits per heavy atom. The van der Waals surface area contributed by atoms with E-state index in [0.717, 1.165) is 24.8 Å². The summed E-state index contributed by atoms with van der Waals surface area (Å²) in [6, 6.07) is 6.20. The lowest BCUT2D eigenvalue weighted by atomic mass is 9.91. The van der Waals surface area contributed by atoms with Crippen LogP contribution in [0.3, 0.4) is 0 Å². The lowest BCUT2D eigenvalue weighted by Gasteiger charge is -2.23. The largest absolute Gasteiger partial charge is 0.385 e. The Bertz CT molecular complexity index is 320. The summed E-state index contributed by atoms with van der Waals surface area (Å²) >= 11 is 0. The molecule has 1 saturated carbocycles. The quantitative estimate of drug-likeness (QED) is 0.728. The fourth-order valence-corrected chi connectivity index (χ4v) is 2.29. The molecule has 0 amide bonds. The van der Waals surface area contributed by atoms with E-state index >= 15 is 0 Å². The Balaban J connectivity index is 2.26. The Hall–Kier alpha value is -0.890. The predicted molar refractivity (Wildman–Crippen MR) is 53.3 cm³/mol. The van der Waals surface area contributed by atoms with Crippen LogP contribution in [0.15, 0.2) is 24.3 Å². The molecule has 2 heteroatoms. The van der Waals surface area contributed by atoms with Gasteiger partial charge >= 0.3 is 0 Å². The van der Waals surface area contributed by atoms with Crippen LogP contribution in [0.1, 0.15) is 31.7 Å². The first kappa shape index (κ1) is 9.66. The van der Waals surface area contributed by atoms with Crippen LogP contribution in [-0.4, -0.2) is 5.11 Å². The second kappa shape index (κ2) is 3.35. The van der Waals surface area contributed by atoms with Crippen molar-refractivity contribution in [3.05, 3.63) is 35.6 Å². The van der Waals surface area contributed by atoms with Crippen molar-refractivity contribution in [2.45, 2.75) is 31.8 Å². The Morgan fingerprint density at radius 3 is 2.50 bits per heavy atom. The van der Waals surface area contributed by atoms with Crippen LogP contribution in [0.2, 0.25) is 0 Å². The maximum absolute atomic E-state index is 12.7. The fourth-order valence-electron chi connectivity index (χ4n) is 2.29. The van der Waals surface area contributed by atoms with Gasteiger partial charge in [0.25, 0.3) is 0 Å². The summed E-state index contributed by atoms with van der Waals surface area (Å²) in [5.74, 6) is 0.313. The highest BCUT2D eigenvalue weighted by atomic mass is 19.1. The average molecular weight is 194 g/mol. The molecule has 0 radical (unpaired) electrons. The Kier molecular flexibility index (Phi) is 2.31. The van der Waals surface area contributed by atoms with Gasteiger partial charge < -0.3 is 5.11 Å². The van der Waals surface area contributed by atoms with Crippen LogP contribution in [0, 0.1) is 11.7 Å². The van der Waals surface area contributed by atoms with Gasteiger partial charge in [-0.3, -0.25) is 0 Å². The van der Waals surface area contributed by atoms with E-state index < -0.39 is 5.60 Å². The van der Waals surface area contributed by atoms with Gasteiger partial charge in [0, 0.05) is 0 Å². The second-order valence-corrected chi connectivity index (χ2v) is 4.39. The summed E-state index contributed by atoms with van der Waals surface area (Å²) in [4.78, 5) is 0. The van der Waals surface area contributed by atoms with E-state index in [9.17, 15) is 9.50 Å². The van der Waals surface area contributed by atoms with Gasteiger partial charge in [-0.1, -0.05) is 19.1 Å².